The second-order valence-electron chi connectivity index (χ2n) is 6.23. The number of hydrogen-bond donors (Lipinski definition) is 1. The Morgan fingerprint density at radius 1 is 1.32 bits per heavy atom. The minimum atomic E-state index is -0.908. The molecule has 0 spiro atoms. The van der Waals surface area contributed by atoms with Crippen LogP contribution in [0.2, 0.25) is 0 Å². The van der Waals surface area contributed by atoms with Crippen LogP contribution >= 0.6 is 11.3 Å². The van der Waals surface area contributed by atoms with Gasteiger partial charge in [0, 0.05) is 12.1 Å². The second kappa shape index (κ2) is 8.45. The Morgan fingerprint density at radius 2 is 2.12 bits per heavy atom. The first kappa shape index (κ1) is 17.9. The SMILES string of the molecule is CCc1nc(-c2cccc(OCCN3CCCCC3)c2)sc1C(=O)O. The molecule has 1 aliphatic rings. The van der Waals surface area contributed by atoms with E-state index in [4.69, 9.17) is 4.74 Å². The van der Waals surface area contributed by atoms with Gasteiger partial charge in [-0.1, -0.05) is 25.5 Å². The molecule has 2 heterocycles. The van der Waals surface area contributed by atoms with Crippen LogP contribution in [0.3, 0.4) is 0 Å². The quantitative estimate of drug-likeness (QED) is 0.810. The first-order chi connectivity index (χ1) is 12.2. The van der Waals surface area contributed by atoms with Gasteiger partial charge in [-0.25, -0.2) is 9.78 Å². The van der Waals surface area contributed by atoms with Gasteiger partial charge in [-0.15, -0.1) is 11.3 Å². The molecule has 3 rings (SSSR count). The van der Waals surface area contributed by atoms with E-state index in [-0.39, 0.29) is 0 Å². The molecule has 1 aromatic carbocycles. The summed E-state index contributed by atoms with van der Waals surface area (Å²) < 4.78 is 5.90. The van der Waals surface area contributed by atoms with E-state index < -0.39 is 5.97 Å². The van der Waals surface area contributed by atoms with Crippen LogP contribution in [0.5, 0.6) is 5.75 Å². The fourth-order valence-electron chi connectivity index (χ4n) is 3.08. The fourth-order valence-corrected chi connectivity index (χ4v) is 4.07. The lowest BCUT2D eigenvalue weighted by Crippen LogP contribution is -2.33. The molecule has 1 aliphatic heterocycles. The minimum Gasteiger partial charge on any atom is -0.492 e. The van der Waals surface area contributed by atoms with Crippen LogP contribution in [-0.4, -0.2) is 47.2 Å². The number of ether oxygens (including phenoxy) is 1. The molecule has 6 heteroatoms. The molecule has 134 valence electrons. The van der Waals surface area contributed by atoms with Crippen molar-refractivity contribution >= 4 is 17.3 Å². The molecule has 1 fully saturated rings. The van der Waals surface area contributed by atoms with E-state index in [9.17, 15) is 9.90 Å². The number of thiazole rings is 1. The zero-order valence-electron chi connectivity index (χ0n) is 14.5. The number of likely N-dealkylation sites (tertiary alicyclic amines) is 1. The fraction of sp³-hybridized carbons (Fsp3) is 0.474. The number of aromatic carboxylic acids is 1. The lowest BCUT2D eigenvalue weighted by atomic mass is 10.1. The summed E-state index contributed by atoms with van der Waals surface area (Å²) in [5.41, 5.74) is 1.55. The molecule has 5 nitrogen and oxygen atoms in total. The van der Waals surface area contributed by atoms with Crippen LogP contribution in [0.25, 0.3) is 10.6 Å². The number of aryl methyl sites for hydroxylation is 1. The molecular formula is C19H24N2O3S. The van der Waals surface area contributed by atoms with Gasteiger partial charge in [0.2, 0.25) is 0 Å². The summed E-state index contributed by atoms with van der Waals surface area (Å²) in [6.07, 6.45) is 4.52. The van der Waals surface area contributed by atoms with Crippen LogP contribution in [0.4, 0.5) is 0 Å². The van der Waals surface area contributed by atoms with Crippen molar-refractivity contribution in [3.8, 4) is 16.3 Å². The van der Waals surface area contributed by atoms with Crippen LogP contribution in [0.1, 0.15) is 41.6 Å². The summed E-state index contributed by atoms with van der Waals surface area (Å²) in [4.78, 5) is 18.6. The van der Waals surface area contributed by atoms with Gasteiger partial charge in [-0.3, -0.25) is 4.90 Å². The topological polar surface area (TPSA) is 62.7 Å². The van der Waals surface area contributed by atoms with Gasteiger partial charge in [0.05, 0.1) is 5.69 Å². The van der Waals surface area contributed by atoms with Crippen molar-refractivity contribution < 1.29 is 14.6 Å². The number of carboxylic acids is 1. The second-order valence-corrected chi connectivity index (χ2v) is 7.23. The number of piperidine rings is 1. The molecule has 1 saturated heterocycles. The largest absolute Gasteiger partial charge is 0.492 e. The molecule has 25 heavy (non-hydrogen) atoms. The first-order valence-electron chi connectivity index (χ1n) is 8.86. The monoisotopic (exact) mass is 360 g/mol. The van der Waals surface area contributed by atoms with E-state index in [0.29, 0.717) is 23.6 Å². The molecule has 0 radical (unpaired) electrons. The molecule has 2 aromatic rings. The first-order valence-corrected chi connectivity index (χ1v) is 9.67. The van der Waals surface area contributed by atoms with Crippen LogP contribution in [0, 0.1) is 0 Å². The highest BCUT2D eigenvalue weighted by Crippen LogP contribution is 2.30. The number of carboxylic acid groups (broad SMARTS) is 1. The van der Waals surface area contributed by atoms with Crippen molar-refractivity contribution in [2.24, 2.45) is 0 Å². The number of benzene rings is 1. The van der Waals surface area contributed by atoms with E-state index in [1.165, 1.54) is 43.7 Å². The number of nitrogens with zero attached hydrogens (tertiary/aromatic N) is 2. The Balaban J connectivity index is 1.65. The predicted molar refractivity (Wildman–Crippen MR) is 99.7 cm³/mol. The maximum atomic E-state index is 11.3. The summed E-state index contributed by atoms with van der Waals surface area (Å²) in [5.74, 6) is -0.103. The highest BCUT2D eigenvalue weighted by atomic mass is 32.1. The maximum absolute atomic E-state index is 11.3. The predicted octanol–water partition coefficient (Wildman–Crippen LogP) is 3.94. The number of hydrogen-bond acceptors (Lipinski definition) is 5. The number of rotatable bonds is 7. The summed E-state index contributed by atoms with van der Waals surface area (Å²) >= 11 is 1.23. The van der Waals surface area contributed by atoms with Crippen molar-refractivity contribution in [1.82, 2.24) is 9.88 Å². The Labute approximate surface area is 152 Å². The minimum absolute atomic E-state index is 0.328. The zero-order chi connectivity index (χ0) is 17.6. The molecule has 0 atom stereocenters. The van der Waals surface area contributed by atoms with Crippen molar-refractivity contribution in [3.63, 3.8) is 0 Å². The Hall–Kier alpha value is -1.92. The normalized spacial score (nSPS) is 15.2. The smallest absolute Gasteiger partial charge is 0.347 e. The average molecular weight is 360 g/mol. The highest BCUT2D eigenvalue weighted by molar-refractivity contribution is 7.17. The lowest BCUT2D eigenvalue weighted by molar-refractivity contribution is 0.0701. The van der Waals surface area contributed by atoms with Gasteiger partial charge < -0.3 is 9.84 Å². The van der Waals surface area contributed by atoms with E-state index in [2.05, 4.69) is 9.88 Å². The summed E-state index contributed by atoms with van der Waals surface area (Å²) in [6, 6.07) is 7.76. The molecule has 0 unspecified atom stereocenters. The van der Waals surface area contributed by atoms with Crippen LogP contribution < -0.4 is 4.74 Å². The van der Waals surface area contributed by atoms with Crippen molar-refractivity contribution in [2.75, 3.05) is 26.2 Å². The van der Waals surface area contributed by atoms with Crippen molar-refractivity contribution in [2.45, 2.75) is 32.6 Å². The standard InChI is InChI=1S/C19H24N2O3S/c1-2-16-17(19(22)23)25-18(20-16)14-7-6-8-15(13-14)24-12-11-21-9-4-3-5-10-21/h6-8,13H,2-5,9-12H2,1H3,(H,22,23). The van der Waals surface area contributed by atoms with Crippen LogP contribution in [-0.2, 0) is 6.42 Å². The Kier molecular flexibility index (Phi) is 6.04. The highest BCUT2D eigenvalue weighted by Gasteiger charge is 2.17. The summed E-state index contributed by atoms with van der Waals surface area (Å²) in [6.45, 7) is 5.87. The van der Waals surface area contributed by atoms with Gasteiger partial charge in [0.15, 0.2) is 0 Å². The third-order valence-corrected chi connectivity index (χ3v) is 5.57. The van der Waals surface area contributed by atoms with Crippen LogP contribution in [0.15, 0.2) is 24.3 Å². The number of aromatic nitrogens is 1. The van der Waals surface area contributed by atoms with Gasteiger partial charge in [-0.2, -0.15) is 0 Å². The van der Waals surface area contributed by atoms with Gasteiger partial charge in [-0.05, 0) is 44.5 Å². The molecular weight excluding hydrogens is 336 g/mol. The Morgan fingerprint density at radius 3 is 2.80 bits per heavy atom. The molecule has 0 aliphatic carbocycles. The average Bonchev–Trinajstić information content (AvgIpc) is 3.08. The van der Waals surface area contributed by atoms with E-state index in [1.54, 1.807) is 0 Å². The lowest BCUT2D eigenvalue weighted by Gasteiger charge is -2.26. The summed E-state index contributed by atoms with van der Waals surface area (Å²) in [7, 11) is 0. The van der Waals surface area contributed by atoms with Crippen molar-refractivity contribution in [1.29, 1.82) is 0 Å². The molecule has 0 saturated carbocycles. The maximum Gasteiger partial charge on any atom is 0.347 e. The number of carbonyl (C=O) groups is 1. The third-order valence-electron chi connectivity index (χ3n) is 4.43. The summed E-state index contributed by atoms with van der Waals surface area (Å²) in [5, 5.41) is 10.0. The molecule has 0 bridgehead atoms. The van der Waals surface area contributed by atoms with E-state index in [0.717, 1.165) is 22.9 Å². The Bertz CT molecular complexity index is 723. The van der Waals surface area contributed by atoms with E-state index >= 15 is 0 Å². The van der Waals surface area contributed by atoms with Gasteiger partial charge >= 0.3 is 5.97 Å². The van der Waals surface area contributed by atoms with Gasteiger partial charge in [0.25, 0.3) is 0 Å². The van der Waals surface area contributed by atoms with E-state index in [1.807, 2.05) is 31.2 Å². The zero-order valence-corrected chi connectivity index (χ0v) is 15.3. The van der Waals surface area contributed by atoms with Crippen molar-refractivity contribution in [3.05, 3.63) is 34.8 Å². The van der Waals surface area contributed by atoms with Gasteiger partial charge in [0.1, 0.15) is 22.2 Å². The third kappa shape index (κ3) is 4.58. The molecule has 1 aromatic heterocycles. The molecule has 1 N–H and O–H groups in total. The molecule has 0 amide bonds.